The van der Waals surface area contributed by atoms with E-state index in [2.05, 4.69) is 29.2 Å². The van der Waals surface area contributed by atoms with Gasteiger partial charge in [-0.15, -0.1) is 0 Å². The van der Waals surface area contributed by atoms with Gasteiger partial charge in [0.2, 0.25) is 0 Å². The maximum Gasteiger partial charge on any atom is 0.0361 e. The molecule has 0 spiro atoms. The third-order valence-corrected chi connectivity index (χ3v) is 2.01. The molecule has 0 aliphatic rings. The first kappa shape index (κ1) is 17.0. The minimum Gasteiger partial charge on any atom is -1.00 e. The number of rotatable bonds is 3. The fourth-order valence-electron chi connectivity index (χ4n) is 1.30. The highest BCUT2D eigenvalue weighted by molar-refractivity contribution is 5.46. The van der Waals surface area contributed by atoms with Gasteiger partial charge in [-0.05, 0) is 31.0 Å². The average molecular weight is 249 g/mol. The van der Waals surface area contributed by atoms with Crippen molar-refractivity contribution in [2.45, 2.75) is 19.4 Å². The van der Waals surface area contributed by atoms with Crippen molar-refractivity contribution in [1.29, 1.82) is 0 Å². The van der Waals surface area contributed by atoms with Gasteiger partial charge in [-0.1, -0.05) is 12.1 Å². The van der Waals surface area contributed by atoms with Gasteiger partial charge in [0.1, 0.15) is 0 Å². The van der Waals surface area contributed by atoms with E-state index in [0.717, 1.165) is 6.42 Å². The van der Waals surface area contributed by atoms with Gasteiger partial charge in [-0.3, -0.25) is 0 Å². The van der Waals surface area contributed by atoms with Crippen molar-refractivity contribution >= 4 is 5.69 Å². The predicted octanol–water partition coefficient (Wildman–Crippen LogP) is -4.35. The Bertz CT molecular complexity index is 258. The zero-order valence-corrected chi connectivity index (χ0v) is 10.9. The van der Waals surface area contributed by atoms with Crippen molar-refractivity contribution in [2.75, 3.05) is 19.0 Å². The standard InChI is InChI=1S/C11H18N2.2ClH/c1-9(12)8-10-4-6-11(7-5-10)13(2)3;;/h4-7,9H,8,12H2,1-3H3;2*1H/p-2. The number of hydrogen-bond donors (Lipinski definition) is 1. The van der Waals surface area contributed by atoms with Crippen LogP contribution in [0, 0.1) is 0 Å². The summed E-state index contributed by atoms with van der Waals surface area (Å²) in [6, 6.07) is 8.76. The molecule has 1 aromatic carbocycles. The summed E-state index contributed by atoms with van der Waals surface area (Å²) in [5, 5.41) is 0. The number of nitrogens with two attached hydrogens (primary N) is 1. The van der Waals surface area contributed by atoms with E-state index in [1.165, 1.54) is 11.3 Å². The van der Waals surface area contributed by atoms with Gasteiger partial charge in [0.15, 0.2) is 0 Å². The van der Waals surface area contributed by atoms with Crippen molar-refractivity contribution in [3.63, 3.8) is 0 Å². The van der Waals surface area contributed by atoms with E-state index in [1.54, 1.807) is 0 Å². The molecule has 1 atom stereocenters. The molecule has 0 radical (unpaired) electrons. The molecule has 0 bridgehead atoms. The molecule has 2 nitrogen and oxygen atoms in total. The van der Waals surface area contributed by atoms with Crippen LogP contribution >= 0.6 is 0 Å². The van der Waals surface area contributed by atoms with E-state index in [1.807, 2.05) is 21.0 Å². The Morgan fingerprint density at radius 3 is 1.93 bits per heavy atom. The van der Waals surface area contributed by atoms with E-state index in [0.29, 0.717) is 0 Å². The maximum atomic E-state index is 5.71. The molecule has 1 aromatic rings. The van der Waals surface area contributed by atoms with E-state index in [9.17, 15) is 0 Å². The molecule has 15 heavy (non-hydrogen) atoms. The highest BCUT2D eigenvalue weighted by atomic mass is 35.5. The quantitative estimate of drug-likeness (QED) is 0.587. The molecule has 0 aliphatic heterocycles. The molecule has 0 aliphatic carbocycles. The fraction of sp³-hybridized carbons (Fsp3) is 0.455. The lowest BCUT2D eigenvalue weighted by Gasteiger charge is -2.13. The number of benzene rings is 1. The molecule has 0 saturated heterocycles. The van der Waals surface area contributed by atoms with Crippen LogP contribution < -0.4 is 35.4 Å². The van der Waals surface area contributed by atoms with Gasteiger partial charge >= 0.3 is 0 Å². The Hall–Kier alpha value is -0.440. The van der Waals surface area contributed by atoms with Crippen molar-refractivity contribution in [1.82, 2.24) is 0 Å². The number of nitrogens with zero attached hydrogens (tertiary/aromatic N) is 1. The van der Waals surface area contributed by atoms with Crippen molar-refractivity contribution in [2.24, 2.45) is 5.73 Å². The van der Waals surface area contributed by atoms with Crippen molar-refractivity contribution < 1.29 is 24.8 Å². The number of hydrogen-bond acceptors (Lipinski definition) is 2. The van der Waals surface area contributed by atoms with Gasteiger partial charge in [0.25, 0.3) is 0 Å². The molecule has 88 valence electrons. The van der Waals surface area contributed by atoms with Crippen LogP contribution in [0.1, 0.15) is 12.5 Å². The van der Waals surface area contributed by atoms with Gasteiger partial charge in [0, 0.05) is 25.8 Å². The molecule has 2 N–H and O–H groups in total. The number of halogens is 2. The molecule has 0 aromatic heterocycles. The largest absolute Gasteiger partial charge is 1.00 e. The van der Waals surface area contributed by atoms with Crippen LogP contribution in [0.25, 0.3) is 0 Å². The van der Waals surface area contributed by atoms with Crippen LogP contribution in [0.4, 0.5) is 5.69 Å². The Morgan fingerprint density at radius 1 is 1.13 bits per heavy atom. The van der Waals surface area contributed by atoms with E-state index in [4.69, 9.17) is 5.73 Å². The molecule has 0 amide bonds. The molecule has 0 fully saturated rings. The Kier molecular flexibility index (Phi) is 8.83. The van der Waals surface area contributed by atoms with E-state index >= 15 is 0 Å². The summed E-state index contributed by atoms with van der Waals surface area (Å²) in [6.07, 6.45) is 0.952. The first-order chi connectivity index (χ1) is 6.09. The molecule has 0 saturated carbocycles. The predicted molar refractivity (Wildman–Crippen MR) is 58.1 cm³/mol. The van der Waals surface area contributed by atoms with Gasteiger partial charge in [0.05, 0.1) is 0 Å². The van der Waals surface area contributed by atoms with Gasteiger partial charge in [-0.2, -0.15) is 0 Å². The lowest BCUT2D eigenvalue weighted by molar-refractivity contribution is -0.001000. The van der Waals surface area contributed by atoms with Crippen molar-refractivity contribution in [3.05, 3.63) is 29.8 Å². The summed E-state index contributed by atoms with van der Waals surface area (Å²) in [6.45, 7) is 2.03. The second-order valence-corrected chi connectivity index (χ2v) is 3.74. The first-order valence-corrected chi connectivity index (χ1v) is 4.61. The SMILES string of the molecule is CC(N)Cc1ccc(N(C)C)cc1.[Cl-].[Cl-]. The lowest BCUT2D eigenvalue weighted by Crippen LogP contribution is -3.00. The van der Waals surface area contributed by atoms with Crippen LogP contribution in [-0.2, 0) is 6.42 Å². The minimum absolute atomic E-state index is 0. The molecule has 1 unspecified atom stereocenters. The summed E-state index contributed by atoms with van der Waals surface area (Å²) in [5.41, 5.74) is 8.25. The van der Waals surface area contributed by atoms with E-state index < -0.39 is 0 Å². The van der Waals surface area contributed by atoms with Crippen molar-refractivity contribution in [3.8, 4) is 0 Å². The maximum absolute atomic E-state index is 5.71. The van der Waals surface area contributed by atoms with E-state index in [-0.39, 0.29) is 30.9 Å². The second kappa shape index (κ2) is 7.80. The molecule has 1 rings (SSSR count). The fourth-order valence-corrected chi connectivity index (χ4v) is 1.30. The summed E-state index contributed by atoms with van der Waals surface area (Å²) in [4.78, 5) is 2.09. The van der Waals surface area contributed by atoms with Crippen LogP contribution in [-0.4, -0.2) is 20.1 Å². The zero-order chi connectivity index (χ0) is 9.84. The minimum atomic E-state index is 0. The molecular weight excluding hydrogens is 231 g/mol. The highest BCUT2D eigenvalue weighted by Gasteiger charge is 1.98. The summed E-state index contributed by atoms with van der Waals surface area (Å²) < 4.78 is 0. The summed E-state index contributed by atoms with van der Waals surface area (Å²) >= 11 is 0. The Morgan fingerprint density at radius 2 is 1.60 bits per heavy atom. The monoisotopic (exact) mass is 248 g/mol. The Balaban J connectivity index is 0. The Labute approximate surface area is 105 Å². The topological polar surface area (TPSA) is 29.3 Å². The number of anilines is 1. The third-order valence-electron chi connectivity index (χ3n) is 2.01. The molecule has 4 heteroatoms. The van der Waals surface area contributed by atoms with Gasteiger partial charge in [-0.25, -0.2) is 0 Å². The average Bonchev–Trinajstić information content (AvgIpc) is 2.04. The molecule has 0 heterocycles. The zero-order valence-electron chi connectivity index (χ0n) is 9.37. The molecular formula is C11H18Cl2N2-2. The summed E-state index contributed by atoms with van der Waals surface area (Å²) in [7, 11) is 4.08. The van der Waals surface area contributed by atoms with Crippen LogP contribution in [0.2, 0.25) is 0 Å². The smallest absolute Gasteiger partial charge is 0.0361 e. The summed E-state index contributed by atoms with van der Waals surface area (Å²) in [5.74, 6) is 0. The highest BCUT2D eigenvalue weighted by Crippen LogP contribution is 2.12. The third kappa shape index (κ3) is 5.88. The second-order valence-electron chi connectivity index (χ2n) is 3.74. The lowest BCUT2D eigenvalue weighted by atomic mass is 10.1. The first-order valence-electron chi connectivity index (χ1n) is 4.61. The van der Waals surface area contributed by atoms with Crippen LogP contribution in [0.3, 0.4) is 0 Å². The van der Waals surface area contributed by atoms with Gasteiger partial charge < -0.3 is 35.4 Å². The van der Waals surface area contributed by atoms with Crippen LogP contribution in [0.15, 0.2) is 24.3 Å². The normalized spacial score (nSPS) is 10.9. The van der Waals surface area contributed by atoms with Crippen LogP contribution in [0.5, 0.6) is 0 Å².